The van der Waals surface area contributed by atoms with E-state index in [-0.39, 0.29) is 0 Å². The first-order valence-corrected chi connectivity index (χ1v) is 11.2. The highest BCUT2D eigenvalue weighted by Crippen LogP contribution is 2.40. The summed E-state index contributed by atoms with van der Waals surface area (Å²) in [7, 11) is 0. The fraction of sp³-hybridized carbons (Fsp3) is 0.522. The van der Waals surface area contributed by atoms with Gasteiger partial charge in [0.05, 0.1) is 0 Å². The summed E-state index contributed by atoms with van der Waals surface area (Å²) in [5, 5.41) is 2.06. The normalized spacial score (nSPS) is 22.4. The van der Waals surface area contributed by atoms with Crippen LogP contribution in [-0.4, -0.2) is 21.7 Å². The summed E-state index contributed by atoms with van der Waals surface area (Å²) in [4.78, 5) is 7.51. The number of rotatable bonds is 5. The van der Waals surface area contributed by atoms with E-state index in [1.165, 1.54) is 74.1 Å². The summed E-state index contributed by atoms with van der Waals surface area (Å²) >= 11 is 2.06. The van der Waals surface area contributed by atoms with Gasteiger partial charge in [0.1, 0.15) is 5.03 Å². The molecule has 1 atom stereocenters. The van der Waals surface area contributed by atoms with Gasteiger partial charge in [-0.15, -0.1) is 11.8 Å². The van der Waals surface area contributed by atoms with Crippen molar-refractivity contribution in [3.8, 4) is 0 Å². The minimum absolute atomic E-state index is 0.517. The number of hydrogen-bond acceptors (Lipinski definition) is 3. The maximum atomic E-state index is 4.83. The van der Waals surface area contributed by atoms with Gasteiger partial charge in [-0.05, 0) is 43.9 Å². The second-order valence-corrected chi connectivity index (χ2v) is 9.03. The van der Waals surface area contributed by atoms with Crippen molar-refractivity contribution in [2.75, 3.05) is 6.54 Å². The Bertz CT molecular complexity index is 682. The molecule has 0 N–H and O–H groups in total. The van der Waals surface area contributed by atoms with Gasteiger partial charge in [0.25, 0.3) is 0 Å². The summed E-state index contributed by atoms with van der Waals surface area (Å²) in [5.74, 6) is 0. The molecule has 0 unspecified atom stereocenters. The molecule has 1 aliphatic carbocycles. The van der Waals surface area contributed by atoms with Gasteiger partial charge in [-0.3, -0.25) is 4.90 Å². The van der Waals surface area contributed by atoms with Crippen LogP contribution in [0.25, 0.3) is 0 Å². The van der Waals surface area contributed by atoms with Gasteiger partial charge in [0.2, 0.25) is 0 Å². The van der Waals surface area contributed by atoms with Crippen LogP contribution in [0, 0.1) is 0 Å². The fourth-order valence-corrected chi connectivity index (χ4v) is 5.79. The van der Waals surface area contributed by atoms with Crippen LogP contribution in [-0.2, 0) is 6.54 Å². The quantitative estimate of drug-likeness (QED) is 0.623. The molecule has 2 heterocycles. The van der Waals surface area contributed by atoms with E-state index in [9.17, 15) is 0 Å². The first-order valence-electron chi connectivity index (χ1n) is 10.3. The summed E-state index contributed by atoms with van der Waals surface area (Å²) in [5.41, 5.74) is 2.89. The largest absolute Gasteiger partial charge is 0.292 e. The van der Waals surface area contributed by atoms with Crippen LogP contribution < -0.4 is 0 Å². The fourth-order valence-electron chi connectivity index (χ4n) is 4.45. The first kappa shape index (κ1) is 18.1. The van der Waals surface area contributed by atoms with E-state index >= 15 is 0 Å². The van der Waals surface area contributed by atoms with Crippen LogP contribution in [0.3, 0.4) is 0 Å². The van der Waals surface area contributed by atoms with E-state index < -0.39 is 0 Å². The molecule has 1 aromatic heterocycles. The number of pyridine rings is 1. The number of nitrogens with zero attached hydrogens (tertiary/aromatic N) is 2. The lowest BCUT2D eigenvalue weighted by Crippen LogP contribution is -2.33. The van der Waals surface area contributed by atoms with E-state index in [1.807, 2.05) is 6.20 Å². The highest BCUT2D eigenvalue weighted by atomic mass is 32.2. The van der Waals surface area contributed by atoms with Crippen molar-refractivity contribution < 1.29 is 0 Å². The molecule has 1 saturated carbocycles. The van der Waals surface area contributed by atoms with E-state index in [1.54, 1.807) is 0 Å². The van der Waals surface area contributed by atoms with E-state index in [4.69, 9.17) is 4.98 Å². The minimum atomic E-state index is 0.517. The molecule has 26 heavy (non-hydrogen) atoms. The van der Waals surface area contributed by atoms with E-state index in [0.717, 1.165) is 11.8 Å². The van der Waals surface area contributed by atoms with Crippen LogP contribution >= 0.6 is 11.8 Å². The lowest BCUT2D eigenvalue weighted by Gasteiger charge is -2.37. The van der Waals surface area contributed by atoms with Gasteiger partial charge in [0.15, 0.2) is 0 Å². The van der Waals surface area contributed by atoms with Crippen LogP contribution in [0.2, 0.25) is 0 Å². The number of aromatic nitrogens is 1. The van der Waals surface area contributed by atoms with Gasteiger partial charge in [-0.25, -0.2) is 4.98 Å². The Kier molecular flexibility index (Phi) is 6.29. The molecule has 1 saturated heterocycles. The summed E-state index contributed by atoms with van der Waals surface area (Å²) < 4.78 is 0. The second kappa shape index (κ2) is 9.05. The van der Waals surface area contributed by atoms with E-state index in [2.05, 4.69) is 59.1 Å². The molecule has 4 rings (SSSR count). The van der Waals surface area contributed by atoms with Gasteiger partial charge in [0, 0.05) is 29.6 Å². The molecule has 2 nitrogen and oxygen atoms in total. The molecule has 1 aromatic carbocycles. The Labute approximate surface area is 162 Å². The Hall–Kier alpha value is -1.32. The average Bonchev–Trinajstić information content (AvgIpc) is 2.71. The molecular formula is C23H30N2S. The third kappa shape index (κ3) is 4.50. The van der Waals surface area contributed by atoms with Gasteiger partial charge < -0.3 is 0 Å². The zero-order valence-corrected chi connectivity index (χ0v) is 16.5. The molecule has 138 valence electrons. The van der Waals surface area contributed by atoms with Crippen LogP contribution in [0.5, 0.6) is 0 Å². The molecule has 1 aliphatic heterocycles. The van der Waals surface area contributed by atoms with Crippen molar-refractivity contribution in [3.05, 3.63) is 59.8 Å². The molecular weight excluding hydrogens is 336 g/mol. The Morgan fingerprint density at radius 1 is 0.885 bits per heavy atom. The maximum Gasteiger partial charge on any atom is 0.101 e. The van der Waals surface area contributed by atoms with Crippen molar-refractivity contribution in [3.63, 3.8) is 0 Å². The van der Waals surface area contributed by atoms with Crippen LogP contribution in [0.1, 0.15) is 68.5 Å². The van der Waals surface area contributed by atoms with Crippen molar-refractivity contribution in [2.45, 2.75) is 74.2 Å². The average molecular weight is 367 g/mol. The Balaban J connectivity index is 1.54. The summed E-state index contributed by atoms with van der Waals surface area (Å²) in [6.45, 7) is 2.25. The van der Waals surface area contributed by atoms with Crippen molar-refractivity contribution in [1.82, 2.24) is 9.88 Å². The minimum Gasteiger partial charge on any atom is -0.292 e. The molecule has 2 aliphatic rings. The van der Waals surface area contributed by atoms with Gasteiger partial charge in [-0.2, -0.15) is 0 Å². The zero-order valence-electron chi connectivity index (χ0n) is 15.6. The molecule has 0 radical (unpaired) electrons. The predicted molar refractivity (Wildman–Crippen MR) is 110 cm³/mol. The Morgan fingerprint density at radius 2 is 1.69 bits per heavy atom. The number of thioether (sulfide) groups is 1. The van der Waals surface area contributed by atoms with Crippen molar-refractivity contribution in [1.29, 1.82) is 0 Å². The lowest BCUT2D eigenvalue weighted by atomic mass is 9.95. The van der Waals surface area contributed by atoms with Gasteiger partial charge >= 0.3 is 0 Å². The molecule has 2 fully saturated rings. The number of piperidine rings is 1. The summed E-state index contributed by atoms with van der Waals surface area (Å²) in [6.07, 6.45) is 12.8. The third-order valence-electron chi connectivity index (χ3n) is 5.83. The number of likely N-dealkylation sites (tertiary alicyclic amines) is 1. The van der Waals surface area contributed by atoms with Gasteiger partial charge in [-0.1, -0.05) is 62.1 Å². The smallest absolute Gasteiger partial charge is 0.101 e. The molecule has 2 aromatic rings. The first-order chi connectivity index (χ1) is 12.9. The standard InChI is InChI=1S/C23H30N2S/c1-3-10-19(11-4-1)18-25-17-8-7-15-22(25)21-14-9-16-24-23(21)26-20-12-5-2-6-13-20/h1,3-4,9-11,14,16,20,22H,2,5-8,12-13,15,17-18H2/t22-/m0/s1. The highest BCUT2D eigenvalue weighted by Gasteiger charge is 2.27. The maximum absolute atomic E-state index is 4.83. The van der Waals surface area contributed by atoms with Crippen molar-refractivity contribution in [2.24, 2.45) is 0 Å². The predicted octanol–water partition coefficient (Wildman–Crippen LogP) is 6.23. The topological polar surface area (TPSA) is 16.1 Å². The Morgan fingerprint density at radius 3 is 2.54 bits per heavy atom. The van der Waals surface area contributed by atoms with Crippen LogP contribution in [0.4, 0.5) is 0 Å². The second-order valence-electron chi connectivity index (χ2n) is 7.74. The third-order valence-corrected chi connectivity index (χ3v) is 7.20. The highest BCUT2D eigenvalue weighted by molar-refractivity contribution is 7.99. The zero-order chi connectivity index (χ0) is 17.6. The molecule has 0 bridgehead atoms. The number of benzene rings is 1. The molecule has 0 spiro atoms. The lowest BCUT2D eigenvalue weighted by molar-refractivity contribution is 0.138. The van der Waals surface area contributed by atoms with Crippen molar-refractivity contribution >= 4 is 11.8 Å². The molecule has 3 heteroatoms. The number of hydrogen-bond donors (Lipinski definition) is 0. The monoisotopic (exact) mass is 366 g/mol. The van der Waals surface area contributed by atoms with E-state index in [0.29, 0.717) is 6.04 Å². The summed E-state index contributed by atoms with van der Waals surface area (Å²) in [6, 6.07) is 15.9. The molecule has 0 amide bonds. The van der Waals surface area contributed by atoms with Crippen LogP contribution in [0.15, 0.2) is 53.7 Å². The SMILES string of the molecule is c1ccc(CN2CCCC[C@H]2c2cccnc2SC2CCCCC2)cc1.